The van der Waals surface area contributed by atoms with Crippen LogP contribution in [0.4, 0.5) is 0 Å². The SMILES string of the molecule is CCCCCCCCCC(C(=O)O)N(CCC)C(C)=O. The first-order valence-electron chi connectivity index (χ1n) is 8.04. The summed E-state index contributed by atoms with van der Waals surface area (Å²) < 4.78 is 0. The Bertz CT molecular complexity index is 279. The van der Waals surface area contributed by atoms with Crippen molar-refractivity contribution in [3.63, 3.8) is 0 Å². The van der Waals surface area contributed by atoms with Gasteiger partial charge in [0.2, 0.25) is 5.91 Å². The summed E-state index contributed by atoms with van der Waals surface area (Å²) in [6.45, 7) is 6.14. The van der Waals surface area contributed by atoms with Gasteiger partial charge < -0.3 is 10.0 Å². The fraction of sp³-hybridized carbons (Fsp3) is 0.875. The molecule has 4 nitrogen and oxygen atoms in total. The molecule has 4 heteroatoms. The molecule has 0 bridgehead atoms. The first-order valence-corrected chi connectivity index (χ1v) is 8.04. The second-order valence-corrected chi connectivity index (χ2v) is 5.48. The third-order valence-corrected chi connectivity index (χ3v) is 3.61. The van der Waals surface area contributed by atoms with E-state index in [0.717, 1.165) is 19.3 Å². The zero-order valence-electron chi connectivity index (χ0n) is 13.4. The lowest BCUT2D eigenvalue weighted by molar-refractivity contribution is -0.149. The summed E-state index contributed by atoms with van der Waals surface area (Å²) in [5.74, 6) is -1.01. The molecule has 0 aliphatic heterocycles. The normalized spacial score (nSPS) is 12.2. The first-order chi connectivity index (χ1) is 9.54. The van der Waals surface area contributed by atoms with Gasteiger partial charge in [0.1, 0.15) is 6.04 Å². The molecule has 0 saturated heterocycles. The van der Waals surface area contributed by atoms with Crippen LogP contribution in [0.15, 0.2) is 0 Å². The van der Waals surface area contributed by atoms with Crippen LogP contribution in [0, 0.1) is 0 Å². The smallest absolute Gasteiger partial charge is 0.326 e. The Balaban J connectivity index is 4.07. The Morgan fingerprint density at radius 3 is 1.95 bits per heavy atom. The van der Waals surface area contributed by atoms with Crippen molar-refractivity contribution in [3.8, 4) is 0 Å². The zero-order valence-corrected chi connectivity index (χ0v) is 13.4. The van der Waals surface area contributed by atoms with Gasteiger partial charge in [-0.1, -0.05) is 58.8 Å². The molecule has 0 aromatic heterocycles. The Morgan fingerprint density at radius 2 is 1.50 bits per heavy atom. The van der Waals surface area contributed by atoms with Crippen LogP contribution < -0.4 is 0 Å². The maximum Gasteiger partial charge on any atom is 0.326 e. The molecular weight excluding hydrogens is 254 g/mol. The molecule has 0 saturated carbocycles. The second-order valence-electron chi connectivity index (χ2n) is 5.48. The van der Waals surface area contributed by atoms with E-state index in [-0.39, 0.29) is 5.91 Å². The number of hydrogen-bond donors (Lipinski definition) is 1. The van der Waals surface area contributed by atoms with Gasteiger partial charge in [-0.05, 0) is 12.8 Å². The number of rotatable bonds is 12. The summed E-state index contributed by atoms with van der Waals surface area (Å²) in [5, 5.41) is 9.30. The topological polar surface area (TPSA) is 57.6 Å². The van der Waals surface area contributed by atoms with Crippen LogP contribution in [0.25, 0.3) is 0 Å². The van der Waals surface area contributed by atoms with Gasteiger partial charge in [-0.3, -0.25) is 4.79 Å². The number of aliphatic carboxylic acids is 1. The van der Waals surface area contributed by atoms with Crippen molar-refractivity contribution >= 4 is 11.9 Å². The monoisotopic (exact) mass is 285 g/mol. The summed E-state index contributed by atoms with van der Waals surface area (Å²) in [6, 6.07) is -0.650. The number of hydrogen-bond acceptors (Lipinski definition) is 2. The Hall–Kier alpha value is -1.06. The van der Waals surface area contributed by atoms with Crippen molar-refractivity contribution in [2.45, 2.75) is 84.6 Å². The van der Waals surface area contributed by atoms with Crippen LogP contribution in [-0.4, -0.2) is 34.5 Å². The number of unbranched alkanes of at least 4 members (excludes halogenated alkanes) is 6. The van der Waals surface area contributed by atoms with Crippen LogP contribution in [0.1, 0.15) is 78.6 Å². The number of carboxylic acid groups (broad SMARTS) is 1. The summed E-state index contributed by atoms with van der Waals surface area (Å²) in [7, 11) is 0. The first kappa shape index (κ1) is 18.9. The van der Waals surface area contributed by atoms with Gasteiger partial charge in [0, 0.05) is 13.5 Å². The van der Waals surface area contributed by atoms with E-state index in [2.05, 4.69) is 6.92 Å². The van der Waals surface area contributed by atoms with E-state index in [0.29, 0.717) is 13.0 Å². The molecule has 0 rings (SSSR count). The number of carbonyl (C=O) groups excluding carboxylic acids is 1. The van der Waals surface area contributed by atoms with Crippen molar-refractivity contribution < 1.29 is 14.7 Å². The average Bonchev–Trinajstić information content (AvgIpc) is 2.39. The quantitative estimate of drug-likeness (QED) is 0.554. The lowest BCUT2D eigenvalue weighted by Crippen LogP contribution is -2.44. The van der Waals surface area contributed by atoms with E-state index in [9.17, 15) is 14.7 Å². The van der Waals surface area contributed by atoms with Gasteiger partial charge in [-0.15, -0.1) is 0 Å². The van der Waals surface area contributed by atoms with Gasteiger partial charge in [0.05, 0.1) is 0 Å². The molecule has 0 fully saturated rings. The summed E-state index contributed by atoms with van der Waals surface area (Å²) in [6.07, 6.45) is 9.51. The van der Waals surface area contributed by atoms with Crippen LogP contribution in [-0.2, 0) is 9.59 Å². The largest absolute Gasteiger partial charge is 0.480 e. The third-order valence-electron chi connectivity index (χ3n) is 3.61. The molecule has 0 aromatic carbocycles. The van der Waals surface area contributed by atoms with Crippen molar-refractivity contribution in [2.75, 3.05) is 6.54 Å². The van der Waals surface area contributed by atoms with Gasteiger partial charge in [-0.2, -0.15) is 0 Å². The molecule has 0 radical (unpaired) electrons. The van der Waals surface area contributed by atoms with Crippen molar-refractivity contribution in [2.24, 2.45) is 0 Å². The van der Waals surface area contributed by atoms with E-state index >= 15 is 0 Å². The van der Waals surface area contributed by atoms with E-state index in [4.69, 9.17) is 0 Å². The van der Waals surface area contributed by atoms with E-state index in [1.807, 2.05) is 6.92 Å². The Kier molecular flexibility index (Phi) is 11.1. The molecule has 0 heterocycles. The minimum absolute atomic E-state index is 0.137. The van der Waals surface area contributed by atoms with E-state index in [1.54, 1.807) is 0 Å². The van der Waals surface area contributed by atoms with Crippen molar-refractivity contribution in [1.82, 2.24) is 4.90 Å². The molecule has 0 aromatic rings. The number of carbonyl (C=O) groups is 2. The van der Waals surface area contributed by atoms with E-state index < -0.39 is 12.0 Å². The molecule has 1 amide bonds. The predicted molar refractivity (Wildman–Crippen MR) is 81.7 cm³/mol. The maximum atomic E-state index is 11.5. The molecule has 0 aliphatic rings. The second kappa shape index (κ2) is 11.7. The summed E-state index contributed by atoms with van der Waals surface area (Å²) in [5.41, 5.74) is 0. The Morgan fingerprint density at radius 1 is 0.950 bits per heavy atom. The number of nitrogens with zero attached hydrogens (tertiary/aromatic N) is 1. The molecule has 1 N–H and O–H groups in total. The van der Waals surface area contributed by atoms with Gasteiger partial charge in [0.15, 0.2) is 0 Å². The number of carboxylic acids is 1. The molecule has 0 aliphatic carbocycles. The zero-order chi connectivity index (χ0) is 15.4. The summed E-state index contributed by atoms with van der Waals surface area (Å²) >= 11 is 0. The molecular formula is C16H31NO3. The lowest BCUT2D eigenvalue weighted by Gasteiger charge is -2.27. The minimum Gasteiger partial charge on any atom is -0.480 e. The predicted octanol–water partition coefficient (Wildman–Crippen LogP) is 3.84. The highest BCUT2D eigenvalue weighted by molar-refractivity contribution is 5.82. The Labute approximate surface area is 123 Å². The average molecular weight is 285 g/mol. The van der Waals surface area contributed by atoms with Crippen LogP contribution in [0.2, 0.25) is 0 Å². The molecule has 1 unspecified atom stereocenters. The maximum absolute atomic E-state index is 11.5. The van der Waals surface area contributed by atoms with Crippen LogP contribution in [0.5, 0.6) is 0 Å². The van der Waals surface area contributed by atoms with Gasteiger partial charge >= 0.3 is 5.97 Å². The van der Waals surface area contributed by atoms with Gasteiger partial charge in [0.25, 0.3) is 0 Å². The number of amides is 1. The van der Waals surface area contributed by atoms with Crippen molar-refractivity contribution in [3.05, 3.63) is 0 Å². The third kappa shape index (κ3) is 8.18. The fourth-order valence-corrected chi connectivity index (χ4v) is 2.48. The van der Waals surface area contributed by atoms with Gasteiger partial charge in [-0.25, -0.2) is 4.79 Å². The fourth-order valence-electron chi connectivity index (χ4n) is 2.48. The standard InChI is InChI=1S/C16H31NO3/c1-4-6-7-8-9-10-11-12-15(16(19)20)17(13-5-2)14(3)18/h15H,4-13H2,1-3H3,(H,19,20). The highest BCUT2D eigenvalue weighted by Crippen LogP contribution is 2.14. The van der Waals surface area contributed by atoms with Crippen molar-refractivity contribution in [1.29, 1.82) is 0 Å². The van der Waals surface area contributed by atoms with Crippen LogP contribution in [0.3, 0.4) is 0 Å². The van der Waals surface area contributed by atoms with Crippen LogP contribution >= 0.6 is 0 Å². The molecule has 118 valence electrons. The minimum atomic E-state index is -0.875. The highest BCUT2D eigenvalue weighted by Gasteiger charge is 2.26. The molecule has 1 atom stereocenters. The molecule has 20 heavy (non-hydrogen) atoms. The lowest BCUT2D eigenvalue weighted by atomic mass is 10.0. The molecule has 0 spiro atoms. The summed E-state index contributed by atoms with van der Waals surface area (Å²) in [4.78, 5) is 24.4. The van der Waals surface area contributed by atoms with E-state index in [1.165, 1.54) is 43.9 Å². The highest BCUT2D eigenvalue weighted by atomic mass is 16.4.